The first-order valence-electron chi connectivity index (χ1n) is 8.31. The van der Waals surface area contributed by atoms with Gasteiger partial charge in [-0.25, -0.2) is 0 Å². The van der Waals surface area contributed by atoms with Gasteiger partial charge < -0.3 is 14.7 Å². The molecule has 2 aliphatic heterocycles. The number of rotatable bonds is 4. The first kappa shape index (κ1) is 16.7. The number of esters is 1. The van der Waals surface area contributed by atoms with Gasteiger partial charge in [0.25, 0.3) is 0 Å². The summed E-state index contributed by atoms with van der Waals surface area (Å²) in [6.45, 7) is 1.71. The number of fused-ring (bicyclic) bond motifs is 2. The summed E-state index contributed by atoms with van der Waals surface area (Å²) in [5.41, 5.74) is 0.644. The van der Waals surface area contributed by atoms with E-state index in [0.29, 0.717) is 22.7 Å². The molecule has 0 radical (unpaired) electrons. The van der Waals surface area contributed by atoms with Gasteiger partial charge in [0, 0.05) is 17.1 Å². The average molecular weight is 338 g/mol. The molecule has 126 valence electrons. The number of ether oxygens (including phenoxy) is 1. The Kier molecular flexibility index (Phi) is 4.95. The molecule has 3 rings (SSSR count). The minimum atomic E-state index is -0.899. The molecule has 3 unspecified atom stereocenters. The van der Waals surface area contributed by atoms with Crippen molar-refractivity contribution < 1.29 is 14.6 Å². The molecule has 1 N–H and O–H groups in total. The second-order valence-corrected chi connectivity index (χ2v) is 7.31. The highest BCUT2D eigenvalue weighted by molar-refractivity contribution is 6.30. The van der Waals surface area contributed by atoms with Crippen molar-refractivity contribution in [1.82, 2.24) is 4.90 Å². The van der Waals surface area contributed by atoms with Crippen LogP contribution in [0, 0.1) is 5.92 Å². The van der Waals surface area contributed by atoms with E-state index < -0.39 is 12.0 Å². The number of carbonyl (C=O) groups is 1. The SMILES string of the molecule is CC(C(=O)OC1C[C@H]2CC[C@@H](C1)N2C)C(O)c1cccc(Cl)c1. The molecule has 5 atom stereocenters. The van der Waals surface area contributed by atoms with Gasteiger partial charge >= 0.3 is 5.97 Å². The first-order chi connectivity index (χ1) is 11.0. The monoisotopic (exact) mass is 337 g/mol. The molecule has 1 aromatic rings. The fraction of sp³-hybridized carbons (Fsp3) is 0.611. The van der Waals surface area contributed by atoms with Crippen LogP contribution < -0.4 is 0 Å². The number of aliphatic hydroxyl groups is 1. The average Bonchev–Trinajstić information content (AvgIpc) is 2.75. The van der Waals surface area contributed by atoms with Crippen molar-refractivity contribution >= 4 is 17.6 Å². The van der Waals surface area contributed by atoms with Gasteiger partial charge in [-0.15, -0.1) is 0 Å². The van der Waals surface area contributed by atoms with Crippen LogP contribution >= 0.6 is 11.6 Å². The predicted octanol–water partition coefficient (Wildman–Crippen LogP) is 3.18. The molecule has 0 aromatic heterocycles. The molecular weight excluding hydrogens is 314 g/mol. The van der Waals surface area contributed by atoms with E-state index in [1.807, 2.05) is 0 Å². The summed E-state index contributed by atoms with van der Waals surface area (Å²) < 4.78 is 5.70. The first-order valence-corrected chi connectivity index (χ1v) is 8.69. The van der Waals surface area contributed by atoms with E-state index in [-0.39, 0.29) is 12.1 Å². The van der Waals surface area contributed by atoms with Gasteiger partial charge in [0.15, 0.2) is 0 Å². The molecule has 2 saturated heterocycles. The van der Waals surface area contributed by atoms with Gasteiger partial charge in [0.05, 0.1) is 12.0 Å². The van der Waals surface area contributed by atoms with Crippen LogP contribution in [0.2, 0.25) is 5.02 Å². The molecular formula is C18H24ClNO3. The van der Waals surface area contributed by atoms with E-state index in [1.165, 1.54) is 12.8 Å². The number of piperidine rings is 1. The van der Waals surface area contributed by atoms with Gasteiger partial charge in [-0.05, 0) is 57.4 Å². The molecule has 23 heavy (non-hydrogen) atoms. The van der Waals surface area contributed by atoms with Gasteiger partial charge in [-0.2, -0.15) is 0 Å². The minimum Gasteiger partial charge on any atom is -0.462 e. The zero-order chi connectivity index (χ0) is 16.6. The van der Waals surface area contributed by atoms with Crippen LogP contribution in [0.25, 0.3) is 0 Å². The second-order valence-electron chi connectivity index (χ2n) is 6.87. The van der Waals surface area contributed by atoms with Crippen LogP contribution in [0.15, 0.2) is 24.3 Å². The molecule has 0 saturated carbocycles. The van der Waals surface area contributed by atoms with Gasteiger partial charge in [0.2, 0.25) is 0 Å². The normalized spacial score (nSPS) is 30.0. The van der Waals surface area contributed by atoms with Crippen LogP contribution in [0.1, 0.15) is 44.3 Å². The van der Waals surface area contributed by atoms with Crippen molar-refractivity contribution in [3.63, 3.8) is 0 Å². The van der Waals surface area contributed by atoms with E-state index in [0.717, 1.165) is 12.8 Å². The molecule has 2 bridgehead atoms. The molecule has 5 heteroatoms. The van der Waals surface area contributed by atoms with E-state index in [4.69, 9.17) is 16.3 Å². The lowest BCUT2D eigenvalue weighted by molar-refractivity contribution is -0.160. The van der Waals surface area contributed by atoms with Crippen molar-refractivity contribution in [2.45, 2.75) is 56.9 Å². The van der Waals surface area contributed by atoms with Crippen LogP contribution in [-0.2, 0) is 9.53 Å². The Balaban J connectivity index is 1.59. The zero-order valence-electron chi connectivity index (χ0n) is 13.6. The third-order valence-electron chi connectivity index (χ3n) is 5.37. The highest BCUT2D eigenvalue weighted by Crippen LogP contribution is 2.36. The third-order valence-corrected chi connectivity index (χ3v) is 5.61. The van der Waals surface area contributed by atoms with Crippen LogP contribution in [0.3, 0.4) is 0 Å². The summed E-state index contributed by atoms with van der Waals surface area (Å²) in [5, 5.41) is 11.0. The highest BCUT2D eigenvalue weighted by Gasteiger charge is 2.40. The lowest BCUT2D eigenvalue weighted by Gasteiger charge is -2.36. The third kappa shape index (κ3) is 3.54. The summed E-state index contributed by atoms with van der Waals surface area (Å²) >= 11 is 5.95. The van der Waals surface area contributed by atoms with Crippen molar-refractivity contribution in [2.75, 3.05) is 7.05 Å². The minimum absolute atomic E-state index is 0.0230. The quantitative estimate of drug-likeness (QED) is 0.857. The van der Waals surface area contributed by atoms with Crippen LogP contribution in [0.4, 0.5) is 0 Å². The number of hydrogen-bond donors (Lipinski definition) is 1. The Morgan fingerprint density at radius 1 is 1.35 bits per heavy atom. The summed E-state index contributed by atoms with van der Waals surface area (Å²) in [4.78, 5) is 14.8. The van der Waals surface area contributed by atoms with Crippen LogP contribution in [-0.4, -0.2) is 41.2 Å². The lowest BCUT2D eigenvalue weighted by atomic mass is 9.96. The molecule has 2 fully saturated rings. The Labute approximate surface area is 142 Å². The number of benzene rings is 1. The molecule has 4 nitrogen and oxygen atoms in total. The molecule has 1 aromatic carbocycles. The van der Waals surface area contributed by atoms with Crippen molar-refractivity contribution in [1.29, 1.82) is 0 Å². The van der Waals surface area contributed by atoms with E-state index >= 15 is 0 Å². The molecule has 0 amide bonds. The molecule has 2 heterocycles. The highest BCUT2D eigenvalue weighted by atomic mass is 35.5. The largest absolute Gasteiger partial charge is 0.462 e. The van der Waals surface area contributed by atoms with Crippen molar-refractivity contribution in [2.24, 2.45) is 5.92 Å². The molecule has 0 aliphatic carbocycles. The Morgan fingerprint density at radius 3 is 2.61 bits per heavy atom. The van der Waals surface area contributed by atoms with Crippen molar-refractivity contribution in [3.05, 3.63) is 34.9 Å². The number of carbonyl (C=O) groups excluding carboxylic acids is 1. The smallest absolute Gasteiger partial charge is 0.311 e. The fourth-order valence-corrected chi connectivity index (χ4v) is 4.04. The standard InChI is InChI=1S/C18H24ClNO3/c1-11(17(21)12-4-3-5-13(19)8-12)18(22)23-16-9-14-6-7-15(10-16)20(14)2/h3-5,8,11,14-17,21H,6-7,9-10H2,1-2H3/t11?,14-,15+,16?,17?. The van der Waals surface area contributed by atoms with E-state index in [2.05, 4.69) is 11.9 Å². The summed E-state index contributed by atoms with van der Waals surface area (Å²) in [6.07, 6.45) is 3.26. The maximum absolute atomic E-state index is 12.4. The maximum atomic E-state index is 12.4. The Hall–Kier alpha value is -1.10. The van der Waals surface area contributed by atoms with Gasteiger partial charge in [-0.1, -0.05) is 23.7 Å². The summed E-state index contributed by atoms with van der Waals surface area (Å²) in [7, 11) is 2.16. The zero-order valence-corrected chi connectivity index (χ0v) is 14.4. The predicted molar refractivity (Wildman–Crippen MR) is 89.3 cm³/mol. The summed E-state index contributed by atoms with van der Waals surface area (Å²) in [6, 6.07) is 8.03. The van der Waals surface area contributed by atoms with E-state index in [9.17, 15) is 9.90 Å². The second kappa shape index (κ2) is 6.80. The Bertz CT molecular complexity index is 565. The van der Waals surface area contributed by atoms with Gasteiger partial charge in [-0.3, -0.25) is 4.79 Å². The van der Waals surface area contributed by atoms with Crippen molar-refractivity contribution in [3.8, 4) is 0 Å². The fourth-order valence-electron chi connectivity index (χ4n) is 3.84. The van der Waals surface area contributed by atoms with Crippen LogP contribution in [0.5, 0.6) is 0 Å². The number of hydrogen-bond acceptors (Lipinski definition) is 4. The molecule has 2 aliphatic rings. The lowest BCUT2D eigenvalue weighted by Crippen LogP contribution is -2.44. The number of aliphatic hydroxyl groups excluding tert-OH is 1. The number of nitrogens with zero attached hydrogens (tertiary/aromatic N) is 1. The number of halogens is 1. The molecule has 0 spiro atoms. The maximum Gasteiger partial charge on any atom is 0.311 e. The van der Waals surface area contributed by atoms with E-state index in [1.54, 1.807) is 31.2 Å². The topological polar surface area (TPSA) is 49.8 Å². The summed E-state index contributed by atoms with van der Waals surface area (Å²) in [5.74, 6) is -0.933. The van der Waals surface area contributed by atoms with Gasteiger partial charge in [0.1, 0.15) is 6.10 Å². The Morgan fingerprint density at radius 2 is 2.00 bits per heavy atom.